The van der Waals surface area contributed by atoms with Gasteiger partial charge in [0, 0.05) is 30.1 Å². The van der Waals surface area contributed by atoms with Crippen LogP contribution >= 0.6 is 0 Å². The summed E-state index contributed by atoms with van der Waals surface area (Å²) >= 11 is 0. The quantitative estimate of drug-likeness (QED) is 0.558. The number of hydrogen-bond acceptors (Lipinski definition) is 4. The molecule has 3 aliphatic heterocycles. The number of nitrogens with zero attached hydrogens (tertiary/aromatic N) is 2. The molecule has 4 heterocycles. The smallest absolute Gasteiger partial charge is 0.306 e. The fraction of sp³-hybridized carbons (Fsp3) is 0.478. The van der Waals surface area contributed by atoms with E-state index in [1.807, 2.05) is 37.4 Å². The maximum absolute atomic E-state index is 12.5. The molecule has 0 saturated carbocycles. The monoisotopic (exact) mass is 364 g/mol. The minimum Gasteiger partial charge on any atom is -0.456 e. The molecule has 4 heteroatoms. The summed E-state index contributed by atoms with van der Waals surface area (Å²) in [4.78, 5) is 19.5. The molecular formula is C23H28N2O2. The SMILES string of the molecule is C=C[C@H]1CN2CC[C@@H]1C[C@H]2[C@H](OC(=O)CCC)c1ccnc2ccccc12. The molecular weight excluding hydrogens is 336 g/mol. The Balaban J connectivity index is 1.71. The van der Waals surface area contributed by atoms with E-state index < -0.39 is 0 Å². The third kappa shape index (κ3) is 3.51. The van der Waals surface area contributed by atoms with Gasteiger partial charge in [0.15, 0.2) is 0 Å². The molecule has 3 fully saturated rings. The number of ether oxygens (including phenoxy) is 1. The van der Waals surface area contributed by atoms with E-state index in [0.29, 0.717) is 18.3 Å². The van der Waals surface area contributed by atoms with Gasteiger partial charge < -0.3 is 4.74 Å². The van der Waals surface area contributed by atoms with Crippen LogP contribution in [-0.2, 0) is 9.53 Å². The van der Waals surface area contributed by atoms with E-state index in [1.165, 1.54) is 6.42 Å². The molecule has 5 atom stereocenters. The van der Waals surface area contributed by atoms with Crippen LogP contribution in [0.3, 0.4) is 0 Å². The van der Waals surface area contributed by atoms with Gasteiger partial charge in [0.2, 0.25) is 0 Å². The maximum Gasteiger partial charge on any atom is 0.306 e. The summed E-state index contributed by atoms with van der Waals surface area (Å²) in [6, 6.07) is 10.4. The lowest BCUT2D eigenvalue weighted by molar-refractivity contribution is -0.157. The van der Waals surface area contributed by atoms with Crippen molar-refractivity contribution in [1.29, 1.82) is 0 Å². The summed E-state index contributed by atoms with van der Waals surface area (Å²) in [5.74, 6) is 1.08. The predicted molar refractivity (Wildman–Crippen MR) is 107 cm³/mol. The van der Waals surface area contributed by atoms with Gasteiger partial charge in [-0.25, -0.2) is 0 Å². The molecule has 1 aromatic heterocycles. The molecule has 0 radical (unpaired) electrons. The van der Waals surface area contributed by atoms with Gasteiger partial charge >= 0.3 is 5.97 Å². The number of hydrogen-bond donors (Lipinski definition) is 0. The van der Waals surface area contributed by atoms with E-state index in [2.05, 4.69) is 28.6 Å². The first kappa shape index (κ1) is 18.2. The summed E-state index contributed by atoms with van der Waals surface area (Å²) in [7, 11) is 0. The van der Waals surface area contributed by atoms with Crippen LogP contribution in [-0.4, -0.2) is 35.0 Å². The van der Waals surface area contributed by atoms with Crippen molar-refractivity contribution in [3.63, 3.8) is 0 Å². The highest BCUT2D eigenvalue weighted by Gasteiger charge is 2.44. The summed E-state index contributed by atoms with van der Waals surface area (Å²) in [6.45, 7) is 8.13. The number of carbonyl (C=O) groups is 1. The first-order valence-corrected chi connectivity index (χ1v) is 10.1. The third-order valence-electron chi connectivity index (χ3n) is 6.21. The van der Waals surface area contributed by atoms with Gasteiger partial charge in [0.1, 0.15) is 6.10 Å². The van der Waals surface area contributed by atoms with Crippen molar-refractivity contribution in [3.8, 4) is 0 Å². The molecule has 3 aliphatic rings. The van der Waals surface area contributed by atoms with Crippen molar-refractivity contribution < 1.29 is 9.53 Å². The third-order valence-corrected chi connectivity index (χ3v) is 6.21. The largest absolute Gasteiger partial charge is 0.456 e. The van der Waals surface area contributed by atoms with Crippen LogP contribution in [0.25, 0.3) is 10.9 Å². The second-order valence-corrected chi connectivity index (χ2v) is 7.82. The van der Waals surface area contributed by atoms with E-state index in [1.54, 1.807) is 0 Å². The van der Waals surface area contributed by atoms with Crippen LogP contribution < -0.4 is 0 Å². The summed E-state index contributed by atoms with van der Waals surface area (Å²) in [5, 5.41) is 1.08. The van der Waals surface area contributed by atoms with E-state index >= 15 is 0 Å². The fourth-order valence-corrected chi connectivity index (χ4v) is 4.81. The van der Waals surface area contributed by atoms with Gasteiger partial charge in [-0.1, -0.05) is 31.2 Å². The van der Waals surface area contributed by atoms with Crippen LogP contribution in [0.2, 0.25) is 0 Å². The van der Waals surface area contributed by atoms with Gasteiger partial charge in [0.05, 0.1) is 11.6 Å². The first-order chi connectivity index (χ1) is 13.2. The zero-order chi connectivity index (χ0) is 18.8. The molecule has 27 heavy (non-hydrogen) atoms. The highest BCUT2D eigenvalue weighted by molar-refractivity contribution is 5.82. The van der Waals surface area contributed by atoms with Gasteiger partial charge in [-0.15, -0.1) is 6.58 Å². The molecule has 1 unspecified atom stereocenters. The molecule has 5 rings (SSSR count). The van der Waals surface area contributed by atoms with Crippen LogP contribution in [0.4, 0.5) is 0 Å². The maximum atomic E-state index is 12.5. The molecule has 4 nitrogen and oxygen atoms in total. The number of fused-ring (bicyclic) bond motifs is 4. The zero-order valence-corrected chi connectivity index (χ0v) is 16.0. The van der Waals surface area contributed by atoms with Gasteiger partial charge in [-0.3, -0.25) is 14.7 Å². The molecule has 0 spiro atoms. The average molecular weight is 364 g/mol. The average Bonchev–Trinajstić information content (AvgIpc) is 2.72. The minimum atomic E-state index is -0.245. The van der Waals surface area contributed by atoms with Crippen LogP contribution in [0.1, 0.15) is 44.3 Å². The number of carbonyl (C=O) groups excluding carboxylic acids is 1. The highest BCUT2D eigenvalue weighted by atomic mass is 16.5. The number of aromatic nitrogens is 1. The Morgan fingerprint density at radius 3 is 3.00 bits per heavy atom. The predicted octanol–water partition coefficient (Wildman–Crippen LogP) is 4.52. The standard InChI is InChI=1S/C23H28N2O2/c1-3-7-22(26)27-23(19-10-12-24-20-9-6-5-8-18(19)20)21-14-17-11-13-25(21)15-16(17)4-2/h4-6,8-10,12,16-17,21,23H,2-3,7,11,13-15H2,1H3/t16-,17+,21-,23+/m0/s1. The Morgan fingerprint density at radius 2 is 2.26 bits per heavy atom. The molecule has 2 bridgehead atoms. The van der Waals surface area contributed by atoms with Crippen molar-refractivity contribution in [1.82, 2.24) is 9.88 Å². The topological polar surface area (TPSA) is 42.4 Å². The van der Waals surface area contributed by atoms with E-state index in [-0.39, 0.29) is 18.1 Å². The van der Waals surface area contributed by atoms with Crippen molar-refractivity contribution >= 4 is 16.9 Å². The number of rotatable bonds is 6. The van der Waals surface area contributed by atoms with E-state index in [4.69, 9.17) is 4.74 Å². The Morgan fingerprint density at radius 1 is 1.41 bits per heavy atom. The van der Waals surface area contributed by atoms with Crippen molar-refractivity contribution in [3.05, 3.63) is 54.7 Å². The lowest BCUT2D eigenvalue weighted by Crippen LogP contribution is -2.55. The second kappa shape index (κ2) is 7.81. The number of piperidine rings is 3. The molecule has 3 saturated heterocycles. The van der Waals surface area contributed by atoms with E-state index in [0.717, 1.165) is 42.4 Å². The lowest BCUT2D eigenvalue weighted by Gasteiger charge is -2.51. The minimum absolute atomic E-state index is 0.105. The molecule has 0 N–H and O–H groups in total. The first-order valence-electron chi connectivity index (χ1n) is 10.1. The normalized spacial score (nSPS) is 28.0. The van der Waals surface area contributed by atoms with E-state index in [9.17, 15) is 4.79 Å². The van der Waals surface area contributed by atoms with Crippen molar-refractivity contribution in [2.45, 2.75) is 44.8 Å². The molecule has 2 aromatic rings. The Hall–Kier alpha value is -2.20. The summed E-state index contributed by atoms with van der Waals surface area (Å²) in [5.41, 5.74) is 2.03. The number of para-hydroxylation sites is 1. The Kier molecular flexibility index (Phi) is 5.26. The lowest BCUT2D eigenvalue weighted by atomic mass is 9.73. The van der Waals surface area contributed by atoms with Gasteiger partial charge in [-0.05, 0) is 49.8 Å². The van der Waals surface area contributed by atoms with Crippen molar-refractivity contribution in [2.75, 3.05) is 13.1 Å². The number of pyridine rings is 1. The van der Waals surface area contributed by atoms with Crippen LogP contribution in [0.5, 0.6) is 0 Å². The number of benzene rings is 1. The molecule has 0 amide bonds. The highest BCUT2D eigenvalue weighted by Crippen LogP contribution is 2.43. The van der Waals surface area contributed by atoms with Gasteiger partial charge in [0.25, 0.3) is 0 Å². The van der Waals surface area contributed by atoms with Gasteiger partial charge in [-0.2, -0.15) is 0 Å². The zero-order valence-electron chi connectivity index (χ0n) is 16.0. The Bertz CT molecular complexity index is 829. The summed E-state index contributed by atoms with van der Waals surface area (Å²) < 4.78 is 6.11. The Labute approximate surface area is 161 Å². The van der Waals surface area contributed by atoms with Crippen LogP contribution in [0, 0.1) is 11.8 Å². The molecule has 0 aliphatic carbocycles. The molecule has 142 valence electrons. The second-order valence-electron chi connectivity index (χ2n) is 7.82. The summed E-state index contributed by atoms with van der Waals surface area (Å²) in [6.07, 6.45) is 7.22. The van der Waals surface area contributed by atoms with Crippen molar-refractivity contribution in [2.24, 2.45) is 11.8 Å². The van der Waals surface area contributed by atoms with Crippen LogP contribution in [0.15, 0.2) is 49.2 Å². The molecule has 1 aromatic carbocycles. The number of esters is 1. The fourth-order valence-electron chi connectivity index (χ4n) is 4.81.